The fourth-order valence-corrected chi connectivity index (χ4v) is 2.71. The second-order valence-electron chi connectivity index (χ2n) is 6.70. The van der Waals surface area contributed by atoms with E-state index in [1.54, 1.807) is 4.90 Å². The molecule has 0 saturated carbocycles. The van der Waals surface area contributed by atoms with Gasteiger partial charge in [-0.3, -0.25) is 0 Å². The first-order valence-electron chi connectivity index (χ1n) is 8.45. The van der Waals surface area contributed by atoms with Gasteiger partial charge in [-0.05, 0) is 30.9 Å². The van der Waals surface area contributed by atoms with E-state index in [1.807, 2.05) is 13.8 Å². The predicted molar refractivity (Wildman–Crippen MR) is 87.3 cm³/mol. The van der Waals surface area contributed by atoms with Crippen LogP contribution in [0, 0.1) is 11.8 Å². The highest BCUT2D eigenvalue weighted by Crippen LogP contribution is 2.34. The van der Waals surface area contributed by atoms with E-state index in [0.29, 0.717) is 25.6 Å². The number of ether oxygens (including phenoxy) is 1. The minimum absolute atomic E-state index is 0.0124. The maximum Gasteiger partial charge on any atom is 0.421 e. The van der Waals surface area contributed by atoms with Crippen molar-refractivity contribution in [2.45, 2.75) is 32.9 Å². The molecule has 5 nitrogen and oxygen atoms in total. The number of carbonyl (C=O) groups excluding carboxylic acids is 1. The summed E-state index contributed by atoms with van der Waals surface area (Å²) in [5.41, 5.74) is -0.877. The van der Waals surface area contributed by atoms with Crippen LogP contribution in [-0.4, -0.2) is 42.2 Å². The van der Waals surface area contributed by atoms with Gasteiger partial charge in [0.2, 0.25) is 5.88 Å². The minimum Gasteiger partial charge on any atom is -0.477 e. The van der Waals surface area contributed by atoms with Gasteiger partial charge in [0, 0.05) is 31.7 Å². The van der Waals surface area contributed by atoms with Crippen LogP contribution in [0.15, 0.2) is 18.3 Å². The normalized spacial score (nSPS) is 18.3. The summed E-state index contributed by atoms with van der Waals surface area (Å²) in [5, 5.41) is 2.86. The second kappa shape index (κ2) is 8.40. The van der Waals surface area contributed by atoms with Crippen molar-refractivity contribution >= 4 is 6.03 Å². The monoisotopic (exact) mass is 359 g/mol. The molecule has 8 heteroatoms. The number of rotatable bonds is 5. The number of hydrogen-bond donors (Lipinski definition) is 1. The summed E-state index contributed by atoms with van der Waals surface area (Å²) in [6.07, 6.45) is -1.62. The Bertz CT molecular complexity index is 579. The van der Waals surface area contributed by atoms with E-state index < -0.39 is 17.6 Å². The van der Waals surface area contributed by atoms with E-state index >= 15 is 0 Å². The van der Waals surface area contributed by atoms with E-state index in [4.69, 9.17) is 4.74 Å². The number of nitrogens with one attached hydrogen (secondary N) is 1. The largest absolute Gasteiger partial charge is 0.477 e. The van der Waals surface area contributed by atoms with E-state index in [2.05, 4.69) is 10.3 Å². The number of pyridine rings is 1. The first-order chi connectivity index (χ1) is 11.8. The quantitative estimate of drug-likeness (QED) is 0.875. The molecule has 1 aromatic heterocycles. The van der Waals surface area contributed by atoms with Crippen LogP contribution in [0.25, 0.3) is 0 Å². The van der Waals surface area contributed by atoms with E-state index in [9.17, 15) is 18.0 Å². The Kier molecular flexibility index (Phi) is 6.50. The summed E-state index contributed by atoms with van der Waals surface area (Å²) >= 11 is 0. The number of aromatic nitrogens is 1. The van der Waals surface area contributed by atoms with Gasteiger partial charge in [-0.1, -0.05) is 13.8 Å². The highest BCUT2D eigenvalue weighted by Gasteiger charge is 2.35. The van der Waals surface area contributed by atoms with Crippen molar-refractivity contribution in [1.82, 2.24) is 15.2 Å². The maximum absolute atomic E-state index is 13.0. The zero-order valence-corrected chi connectivity index (χ0v) is 14.5. The molecule has 1 N–H and O–H groups in total. The Morgan fingerprint density at radius 2 is 2.24 bits per heavy atom. The van der Waals surface area contributed by atoms with Crippen molar-refractivity contribution in [3.05, 3.63) is 23.9 Å². The molecule has 140 valence electrons. The molecule has 2 rings (SSSR count). The molecule has 1 aliphatic rings. The van der Waals surface area contributed by atoms with Gasteiger partial charge in [0.05, 0.1) is 6.61 Å². The molecule has 0 aliphatic carbocycles. The van der Waals surface area contributed by atoms with Gasteiger partial charge in [-0.25, -0.2) is 9.78 Å². The summed E-state index contributed by atoms with van der Waals surface area (Å²) in [4.78, 5) is 17.5. The summed E-state index contributed by atoms with van der Waals surface area (Å²) in [6, 6.07) is 2.05. The van der Waals surface area contributed by atoms with Gasteiger partial charge in [-0.2, -0.15) is 13.2 Å². The molecule has 0 radical (unpaired) electrons. The van der Waals surface area contributed by atoms with Crippen LogP contribution < -0.4 is 10.1 Å². The van der Waals surface area contributed by atoms with Crippen LogP contribution in [0.4, 0.5) is 18.0 Å². The van der Waals surface area contributed by atoms with Crippen LogP contribution in [0.5, 0.6) is 5.88 Å². The average molecular weight is 359 g/mol. The molecule has 1 unspecified atom stereocenters. The molecule has 1 aromatic rings. The number of piperidine rings is 1. The molecule has 25 heavy (non-hydrogen) atoms. The summed E-state index contributed by atoms with van der Waals surface area (Å²) in [7, 11) is 0. The van der Waals surface area contributed by atoms with E-state index in [0.717, 1.165) is 18.9 Å². The summed E-state index contributed by atoms with van der Waals surface area (Å²) < 4.78 is 44.2. The van der Waals surface area contributed by atoms with E-state index in [-0.39, 0.29) is 18.6 Å². The van der Waals surface area contributed by atoms with Gasteiger partial charge < -0.3 is 15.0 Å². The standard InChI is InChI=1S/C17H24F3N3O2/c1-12(2)9-22-16(24)23-8-4-5-13(10-23)11-25-15-14(17(18,19)20)6-3-7-21-15/h3,6-7,12-13H,4-5,8-11H2,1-2H3,(H,22,24). The Morgan fingerprint density at radius 1 is 1.48 bits per heavy atom. The van der Waals surface area contributed by atoms with Crippen LogP contribution in [-0.2, 0) is 6.18 Å². The van der Waals surface area contributed by atoms with Crippen molar-refractivity contribution in [3.8, 4) is 5.88 Å². The fourth-order valence-electron chi connectivity index (χ4n) is 2.71. The first kappa shape index (κ1) is 19.3. The van der Waals surface area contributed by atoms with Gasteiger partial charge in [-0.15, -0.1) is 0 Å². The molecular weight excluding hydrogens is 335 g/mol. The molecule has 0 aromatic carbocycles. The maximum atomic E-state index is 13.0. The molecule has 2 amide bonds. The fraction of sp³-hybridized carbons (Fsp3) is 0.647. The van der Waals surface area contributed by atoms with Crippen LogP contribution in [0.3, 0.4) is 0 Å². The average Bonchev–Trinajstić information content (AvgIpc) is 2.57. The number of hydrogen-bond acceptors (Lipinski definition) is 3. The Balaban J connectivity index is 1.90. The third-order valence-corrected chi connectivity index (χ3v) is 4.00. The third kappa shape index (κ3) is 5.79. The molecule has 1 fully saturated rings. The lowest BCUT2D eigenvalue weighted by molar-refractivity contribution is -0.139. The van der Waals surface area contributed by atoms with Crippen molar-refractivity contribution in [2.75, 3.05) is 26.2 Å². The molecular formula is C17H24F3N3O2. The lowest BCUT2D eigenvalue weighted by atomic mass is 9.99. The molecule has 0 bridgehead atoms. The minimum atomic E-state index is -4.50. The van der Waals surface area contributed by atoms with Gasteiger partial charge >= 0.3 is 12.2 Å². The zero-order valence-electron chi connectivity index (χ0n) is 14.5. The summed E-state index contributed by atoms with van der Waals surface area (Å²) in [6.45, 7) is 5.85. The topological polar surface area (TPSA) is 54.5 Å². The smallest absolute Gasteiger partial charge is 0.421 e. The molecule has 1 aliphatic heterocycles. The number of urea groups is 1. The van der Waals surface area contributed by atoms with Crippen LogP contribution >= 0.6 is 0 Å². The number of halogens is 3. The Labute approximate surface area is 145 Å². The Morgan fingerprint density at radius 3 is 2.92 bits per heavy atom. The number of likely N-dealkylation sites (tertiary alicyclic amines) is 1. The Hall–Kier alpha value is -1.99. The van der Waals surface area contributed by atoms with Gasteiger partial charge in [0.25, 0.3) is 0 Å². The van der Waals surface area contributed by atoms with Crippen molar-refractivity contribution in [1.29, 1.82) is 0 Å². The molecule has 2 heterocycles. The number of amides is 2. The molecule has 1 atom stereocenters. The molecule has 0 spiro atoms. The van der Waals surface area contributed by atoms with Crippen LogP contribution in [0.2, 0.25) is 0 Å². The lowest BCUT2D eigenvalue weighted by Crippen LogP contribution is -2.47. The van der Waals surface area contributed by atoms with Crippen LogP contribution in [0.1, 0.15) is 32.3 Å². The van der Waals surface area contributed by atoms with E-state index in [1.165, 1.54) is 12.3 Å². The number of carbonyl (C=O) groups is 1. The SMILES string of the molecule is CC(C)CNC(=O)N1CCCC(COc2ncccc2C(F)(F)F)C1. The number of alkyl halides is 3. The van der Waals surface area contributed by atoms with Gasteiger partial charge in [0.1, 0.15) is 5.56 Å². The molecule has 1 saturated heterocycles. The van der Waals surface area contributed by atoms with Crippen molar-refractivity contribution in [2.24, 2.45) is 11.8 Å². The predicted octanol–water partition coefficient (Wildman–Crippen LogP) is 3.56. The lowest BCUT2D eigenvalue weighted by Gasteiger charge is -2.32. The first-order valence-corrected chi connectivity index (χ1v) is 8.45. The van der Waals surface area contributed by atoms with Crippen molar-refractivity contribution < 1.29 is 22.7 Å². The highest BCUT2D eigenvalue weighted by molar-refractivity contribution is 5.74. The highest BCUT2D eigenvalue weighted by atomic mass is 19.4. The zero-order chi connectivity index (χ0) is 18.4. The van der Waals surface area contributed by atoms with Gasteiger partial charge in [0.15, 0.2) is 0 Å². The second-order valence-corrected chi connectivity index (χ2v) is 6.70. The summed E-state index contributed by atoms with van der Waals surface area (Å²) in [5.74, 6) is -0.0594. The third-order valence-electron chi connectivity index (χ3n) is 4.00. The van der Waals surface area contributed by atoms with Crippen molar-refractivity contribution in [3.63, 3.8) is 0 Å². The number of nitrogens with zero attached hydrogens (tertiary/aromatic N) is 2.